The summed E-state index contributed by atoms with van der Waals surface area (Å²) in [6, 6.07) is 12.0. The number of carboxylic acid groups (broad SMARTS) is 1. The second kappa shape index (κ2) is 7.26. The number of fused-ring (bicyclic) bond motifs is 2. The van der Waals surface area contributed by atoms with Gasteiger partial charge in [0.1, 0.15) is 18.1 Å². The summed E-state index contributed by atoms with van der Waals surface area (Å²) in [6.45, 7) is 1.94. The first-order valence-corrected chi connectivity index (χ1v) is 8.86. The summed E-state index contributed by atoms with van der Waals surface area (Å²) in [4.78, 5) is 16.1. The fraction of sp³-hybridized carbons (Fsp3) is 0.238. The van der Waals surface area contributed by atoms with Crippen molar-refractivity contribution in [3.8, 4) is 23.0 Å². The van der Waals surface area contributed by atoms with Crippen LogP contribution in [0.2, 0.25) is 0 Å². The van der Waals surface area contributed by atoms with Crippen LogP contribution in [0.4, 0.5) is 0 Å². The van der Waals surface area contributed by atoms with Crippen molar-refractivity contribution < 1.29 is 28.8 Å². The number of nitrogens with zero attached hydrogens (tertiary/aromatic N) is 1. The Hall–Kier alpha value is -3.48. The Balaban J connectivity index is 1.65. The summed E-state index contributed by atoms with van der Waals surface area (Å²) >= 11 is 0. The Morgan fingerprint density at radius 3 is 2.43 bits per heavy atom. The van der Waals surface area contributed by atoms with Gasteiger partial charge in [-0.15, -0.1) is 0 Å². The molecule has 1 aromatic heterocycles. The molecule has 7 heteroatoms. The zero-order chi connectivity index (χ0) is 19.7. The average molecular weight is 380 g/mol. The molecule has 0 amide bonds. The highest BCUT2D eigenvalue weighted by atomic mass is 16.7. The first kappa shape index (κ1) is 17.9. The van der Waals surface area contributed by atoms with Gasteiger partial charge in [-0.05, 0) is 36.4 Å². The molecular formula is C21H18NO6-. The van der Waals surface area contributed by atoms with Gasteiger partial charge in [0.2, 0.25) is 6.29 Å². The van der Waals surface area contributed by atoms with E-state index >= 15 is 0 Å². The molecule has 0 aliphatic carbocycles. The maximum absolute atomic E-state index is 11.6. The van der Waals surface area contributed by atoms with Crippen molar-refractivity contribution in [2.24, 2.45) is 0 Å². The Morgan fingerprint density at radius 2 is 1.79 bits per heavy atom. The fourth-order valence-electron chi connectivity index (χ4n) is 2.99. The topological polar surface area (TPSA) is 89.9 Å². The third-order valence-electron chi connectivity index (χ3n) is 4.46. The van der Waals surface area contributed by atoms with Crippen molar-refractivity contribution in [3.05, 3.63) is 53.7 Å². The molecule has 0 spiro atoms. The van der Waals surface area contributed by atoms with E-state index in [4.69, 9.17) is 18.9 Å². The predicted octanol–water partition coefficient (Wildman–Crippen LogP) is 2.69. The van der Waals surface area contributed by atoms with Gasteiger partial charge in [-0.2, -0.15) is 0 Å². The molecule has 4 rings (SSSR count). The van der Waals surface area contributed by atoms with Gasteiger partial charge in [-0.25, -0.2) is 4.98 Å². The highest BCUT2D eigenvalue weighted by Gasteiger charge is 2.24. The number of carbonyl (C=O) groups excluding carboxylic acids is 1. The zero-order valence-corrected chi connectivity index (χ0v) is 15.4. The quantitative estimate of drug-likeness (QED) is 0.649. The zero-order valence-electron chi connectivity index (χ0n) is 15.4. The maximum Gasteiger partial charge on any atom is 0.241 e. The van der Waals surface area contributed by atoms with Gasteiger partial charge in [-0.1, -0.05) is 6.92 Å². The summed E-state index contributed by atoms with van der Waals surface area (Å²) in [7, 11) is 1.58. The van der Waals surface area contributed by atoms with E-state index in [1.807, 2.05) is 6.92 Å². The van der Waals surface area contributed by atoms with E-state index in [0.717, 1.165) is 0 Å². The number of rotatable bonds is 6. The van der Waals surface area contributed by atoms with E-state index < -0.39 is 5.97 Å². The molecule has 28 heavy (non-hydrogen) atoms. The molecular weight excluding hydrogens is 362 g/mol. The second-order valence-corrected chi connectivity index (χ2v) is 6.30. The molecule has 0 saturated carbocycles. The van der Waals surface area contributed by atoms with Crippen LogP contribution < -0.4 is 24.1 Å². The smallest absolute Gasteiger partial charge is 0.241 e. The average Bonchev–Trinajstić information content (AvgIpc) is 3.12. The number of methoxy groups -OCH3 is 1. The first-order chi connectivity index (χ1) is 13.6. The number of carboxylic acids is 1. The van der Waals surface area contributed by atoms with E-state index in [9.17, 15) is 9.90 Å². The first-order valence-electron chi connectivity index (χ1n) is 8.86. The Bertz CT molecular complexity index is 1030. The number of hydrogen-bond acceptors (Lipinski definition) is 7. The van der Waals surface area contributed by atoms with Gasteiger partial charge < -0.3 is 28.8 Å². The Morgan fingerprint density at radius 1 is 1.11 bits per heavy atom. The second-order valence-electron chi connectivity index (χ2n) is 6.30. The number of benzene rings is 2. The number of hydrogen-bond donors (Lipinski definition) is 0. The Kier molecular flexibility index (Phi) is 4.65. The van der Waals surface area contributed by atoms with Crippen LogP contribution in [0.3, 0.4) is 0 Å². The summed E-state index contributed by atoms with van der Waals surface area (Å²) < 4.78 is 22.2. The molecule has 1 aliphatic rings. The van der Waals surface area contributed by atoms with Crippen molar-refractivity contribution in [3.63, 3.8) is 0 Å². The van der Waals surface area contributed by atoms with Gasteiger partial charge in [0.25, 0.3) is 0 Å². The lowest BCUT2D eigenvalue weighted by atomic mass is 10.1. The molecule has 0 N–H and O–H groups in total. The number of ether oxygens (including phenoxy) is 4. The summed E-state index contributed by atoms with van der Waals surface area (Å²) in [5.74, 6) is 1.13. The van der Waals surface area contributed by atoms with E-state index in [2.05, 4.69) is 4.98 Å². The molecule has 7 nitrogen and oxygen atoms in total. The Labute approximate surface area is 161 Å². The lowest BCUT2D eigenvalue weighted by Gasteiger charge is -2.13. The van der Waals surface area contributed by atoms with Crippen molar-refractivity contribution in [1.82, 2.24) is 4.98 Å². The van der Waals surface area contributed by atoms with Crippen molar-refractivity contribution in [2.45, 2.75) is 26.2 Å². The number of aromatic nitrogens is 1. The summed E-state index contributed by atoms with van der Waals surface area (Å²) in [5, 5.41) is 12.2. The van der Waals surface area contributed by atoms with Gasteiger partial charge in [-0.3, -0.25) is 0 Å². The largest absolute Gasteiger partial charge is 0.545 e. The monoisotopic (exact) mass is 380 g/mol. The SMILES string of the molecule is CCC1Oc2cc3cc(C(=O)[O-])c(COc4ccc(OC)cc4)nc3cc2O1. The molecule has 0 bridgehead atoms. The standard InChI is InChI=1S/C21H19NO6/c1-3-20-27-18-9-12-8-15(21(23)24)17(22-16(12)10-19(18)28-20)11-26-14-6-4-13(25-2)5-7-14/h4-10,20H,3,11H2,1-2H3,(H,23,24)/p-1. The van der Waals surface area contributed by atoms with E-state index in [1.54, 1.807) is 43.5 Å². The van der Waals surface area contributed by atoms with Gasteiger partial charge in [0, 0.05) is 23.4 Å². The van der Waals surface area contributed by atoms with Gasteiger partial charge in [0.15, 0.2) is 11.5 Å². The van der Waals surface area contributed by atoms with Crippen LogP contribution in [-0.2, 0) is 6.61 Å². The summed E-state index contributed by atoms with van der Waals surface area (Å²) in [6.07, 6.45) is 0.356. The lowest BCUT2D eigenvalue weighted by molar-refractivity contribution is -0.255. The molecule has 1 aliphatic heterocycles. The minimum Gasteiger partial charge on any atom is -0.545 e. The van der Waals surface area contributed by atoms with Crippen LogP contribution in [0.25, 0.3) is 10.9 Å². The van der Waals surface area contributed by atoms with Crippen LogP contribution in [0.5, 0.6) is 23.0 Å². The van der Waals surface area contributed by atoms with Crippen molar-refractivity contribution in [1.29, 1.82) is 0 Å². The van der Waals surface area contributed by atoms with E-state index in [0.29, 0.717) is 40.3 Å². The molecule has 3 aromatic rings. The van der Waals surface area contributed by atoms with E-state index in [1.165, 1.54) is 6.07 Å². The van der Waals surface area contributed by atoms with Crippen molar-refractivity contribution in [2.75, 3.05) is 7.11 Å². The highest BCUT2D eigenvalue weighted by Crippen LogP contribution is 2.38. The third-order valence-corrected chi connectivity index (χ3v) is 4.46. The molecule has 0 radical (unpaired) electrons. The minimum atomic E-state index is -1.31. The number of aromatic carboxylic acids is 1. The normalized spacial score (nSPS) is 14.9. The molecule has 1 unspecified atom stereocenters. The summed E-state index contributed by atoms with van der Waals surface area (Å²) in [5.41, 5.74) is 0.846. The van der Waals surface area contributed by atoms with Crippen LogP contribution in [0.1, 0.15) is 29.4 Å². The number of carbonyl (C=O) groups is 1. The maximum atomic E-state index is 11.6. The van der Waals surface area contributed by atoms with E-state index in [-0.39, 0.29) is 24.2 Å². The molecule has 1 atom stereocenters. The van der Waals surface area contributed by atoms with Crippen LogP contribution in [0, 0.1) is 0 Å². The molecule has 2 heterocycles. The number of pyridine rings is 1. The van der Waals surface area contributed by atoms with Crippen molar-refractivity contribution >= 4 is 16.9 Å². The molecule has 0 saturated heterocycles. The predicted molar refractivity (Wildman–Crippen MR) is 98.7 cm³/mol. The molecule has 0 fully saturated rings. The fourth-order valence-corrected chi connectivity index (χ4v) is 2.99. The van der Waals surface area contributed by atoms with Crippen LogP contribution in [-0.4, -0.2) is 24.4 Å². The molecule has 2 aromatic carbocycles. The van der Waals surface area contributed by atoms with Gasteiger partial charge in [0.05, 0.1) is 24.3 Å². The highest BCUT2D eigenvalue weighted by molar-refractivity contribution is 5.94. The third kappa shape index (κ3) is 3.38. The molecule has 144 valence electrons. The van der Waals surface area contributed by atoms with Crippen LogP contribution >= 0.6 is 0 Å². The van der Waals surface area contributed by atoms with Gasteiger partial charge >= 0.3 is 0 Å². The van der Waals surface area contributed by atoms with Crippen LogP contribution in [0.15, 0.2) is 42.5 Å². The lowest BCUT2D eigenvalue weighted by Crippen LogP contribution is -2.25. The minimum absolute atomic E-state index is 0.0163.